The summed E-state index contributed by atoms with van der Waals surface area (Å²) in [4.78, 5) is 24.2. The van der Waals surface area contributed by atoms with Crippen molar-refractivity contribution in [3.63, 3.8) is 0 Å². The molecular formula is C21H26N2O5. The smallest absolute Gasteiger partial charge is 0.338 e. The molecule has 1 heterocycles. The van der Waals surface area contributed by atoms with Gasteiger partial charge in [0.1, 0.15) is 17.9 Å². The Balaban J connectivity index is 1.43. The van der Waals surface area contributed by atoms with Crippen LogP contribution in [-0.4, -0.2) is 43.3 Å². The molecule has 1 aliphatic heterocycles. The van der Waals surface area contributed by atoms with Crippen LogP contribution < -0.4 is 10.1 Å². The summed E-state index contributed by atoms with van der Waals surface area (Å²) in [7, 11) is 0. The highest BCUT2D eigenvalue weighted by atomic mass is 16.5. The van der Waals surface area contributed by atoms with E-state index >= 15 is 0 Å². The van der Waals surface area contributed by atoms with Gasteiger partial charge < -0.3 is 19.5 Å². The van der Waals surface area contributed by atoms with Gasteiger partial charge in [-0.25, -0.2) is 4.79 Å². The minimum atomic E-state index is -0.830. The third kappa shape index (κ3) is 5.46. The highest BCUT2D eigenvalue weighted by molar-refractivity contribution is 5.91. The van der Waals surface area contributed by atoms with Gasteiger partial charge in [0, 0.05) is 6.61 Å². The molecule has 0 aromatic heterocycles. The first kappa shape index (κ1) is 20.2. The van der Waals surface area contributed by atoms with E-state index in [1.807, 2.05) is 0 Å². The van der Waals surface area contributed by atoms with Gasteiger partial charge in [-0.2, -0.15) is 5.26 Å². The summed E-state index contributed by atoms with van der Waals surface area (Å²) in [5.74, 6) is -0.387. The van der Waals surface area contributed by atoms with Gasteiger partial charge in [0.2, 0.25) is 0 Å². The molecule has 1 saturated heterocycles. The first-order chi connectivity index (χ1) is 13.6. The van der Waals surface area contributed by atoms with E-state index in [1.54, 1.807) is 24.3 Å². The van der Waals surface area contributed by atoms with E-state index in [0.717, 1.165) is 38.7 Å². The molecule has 7 heteroatoms. The Hall–Kier alpha value is -2.59. The highest BCUT2D eigenvalue weighted by Crippen LogP contribution is 2.27. The maximum Gasteiger partial charge on any atom is 0.338 e. The fourth-order valence-electron chi connectivity index (χ4n) is 3.59. The molecule has 1 saturated carbocycles. The third-order valence-electron chi connectivity index (χ3n) is 5.18. The van der Waals surface area contributed by atoms with Crippen molar-refractivity contribution in [2.24, 2.45) is 0 Å². The number of hydrogen-bond donors (Lipinski definition) is 1. The predicted octanol–water partition coefficient (Wildman–Crippen LogP) is 2.74. The average Bonchev–Trinajstić information content (AvgIpc) is 3.25. The number of carbonyl (C=O) groups excluding carboxylic acids is 2. The fraction of sp³-hybridized carbons (Fsp3) is 0.571. The first-order valence-corrected chi connectivity index (χ1v) is 9.84. The molecule has 2 aliphatic rings. The number of nitriles is 1. The summed E-state index contributed by atoms with van der Waals surface area (Å²) in [5, 5.41) is 12.1. The zero-order valence-corrected chi connectivity index (χ0v) is 15.9. The van der Waals surface area contributed by atoms with Crippen LogP contribution >= 0.6 is 0 Å². The summed E-state index contributed by atoms with van der Waals surface area (Å²) in [6.07, 6.45) is 6.35. The minimum absolute atomic E-state index is 0.129. The highest BCUT2D eigenvalue weighted by Gasteiger charge is 2.33. The first-order valence-electron chi connectivity index (χ1n) is 9.84. The number of nitrogens with one attached hydrogen (secondary N) is 1. The van der Waals surface area contributed by atoms with Crippen molar-refractivity contribution in [3.05, 3.63) is 29.8 Å². The Morgan fingerprint density at radius 1 is 1.18 bits per heavy atom. The lowest BCUT2D eigenvalue weighted by Gasteiger charge is -2.31. The molecule has 7 nitrogen and oxygen atoms in total. The molecule has 0 bridgehead atoms. The van der Waals surface area contributed by atoms with Crippen LogP contribution in [0.4, 0.5) is 0 Å². The molecule has 3 rings (SSSR count). The summed E-state index contributed by atoms with van der Waals surface area (Å²) in [5.41, 5.74) is -0.492. The number of carbonyl (C=O) groups is 2. The van der Waals surface area contributed by atoms with Crippen molar-refractivity contribution in [2.45, 2.75) is 56.6 Å². The van der Waals surface area contributed by atoms with Gasteiger partial charge in [-0.1, -0.05) is 19.3 Å². The number of hydrogen-bond acceptors (Lipinski definition) is 6. The van der Waals surface area contributed by atoms with Crippen LogP contribution in [0, 0.1) is 11.3 Å². The van der Waals surface area contributed by atoms with Crippen molar-refractivity contribution in [1.82, 2.24) is 5.32 Å². The largest absolute Gasteiger partial charge is 0.491 e. The number of benzene rings is 1. The number of nitrogens with zero attached hydrogens (tertiary/aromatic N) is 1. The van der Waals surface area contributed by atoms with Crippen LogP contribution in [0.25, 0.3) is 0 Å². The maximum absolute atomic E-state index is 12.1. The van der Waals surface area contributed by atoms with E-state index in [4.69, 9.17) is 14.2 Å². The van der Waals surface area contributed by atoms with E-state index in [-0.39, 0.29) is 6.10 Å². The van der Waals surface area contributed by atoms with Crippen LogP contribution in [0.2, 0.25) is 0 Å². The minimum Gasteiger partial charge on any atom is -0.491 e. The standard InChI is InChI=1S/C21H26N2O5/c22-15-21(10-2-1-3-11-21)23-19(24)14-28-20(25)16-6-8-17(9-7-16)27-13-18-5-4-12-26-18/h6-9,18H,1-5,10-14H2,(H,23,24)/t18-/m0/s1. The lowest BCUT2D eigenvalue weighted by atomic mass is 9.83. The molecule has 0 unspecified atom stereocenters. The molecule has 1 amide bonds. The lowest BCUT2D eigenvalue weighted by Crippen LogP contribution is -2.50. The van der Waals surface area contributed by atoms with Gasteiger partial charge in [-0.05, 0) is 49.9 Å². The Bertz CT molecular complexity index is 713. The van der Waals surface area contributed by atoms with Crippen molar-refractivity contribution >= 4 is 11.9 Å². The molecule has 0 radical (unpaired) electrons. The van der Waals surface area contributed by atoms with Crippen LogP contribution in [0.3, 0.4) is 0 Å². The molecule has 1 N–H and O–H groups in total. The van der Waals surface area contributed by atoms with Crippen molar-refractivity contribution in [2.75, 3.05) is 19.8 Å². The molecule has 2 fully saturated rings. The van der Waals surface area contributed by atoms with Crippen LogP contribution in [0.5, 0.6) is 5.75 Å². The summed E-state index contributed by atoms with van der Waals surface area (Å²) in [6.45, 7) is 0.867. The Labute approximate surface area is 164 Å². The molecule has 150 valence electrons. The van der Waals surface area contributed by atoms with Crippen LogP contribution in [-0.2, 0) is 14.3 Å². The Morgan fingerprint density at radius 3 is 2.57 bits per heavy atom. The van der Waals surface area contributed by atoms with Crippen LogP contribution in [0.1, 0.15) is 55.3 Å². The number of esters is 1. The third-order valence-corrected chi connectivity index (χ3v) is 5.18. The van der Waals surface area contributed by atoms with Gasteiger partial charge in [-0.15, -0.1) is 0 Å². The fourth-order valence-corrected chi connectivity index (χ4v) is 3.59. The second-order valence-corrected chi connectivity index (χ2v) is 7.35. The number of amides is 1. The topological polar surface area (TPSA) is 97.7 Å². The van der Waals surface area contributed by atoms with Gasteiger partial charge >= 0.3 is 5.97 Å². The maximum atomic E-state index is 12.1. The molecule has 1 aromatic rings. The molecule has 1 aromatic carbocycles. The average molecular weight is 386 g/mol. The Morgan fingerprint density at radius 2 is 1.93 bits per heavy atom. The van der Waals surface area contributed by atoms with Crippen molar-refractivity contribution < 1.29 is 23.8 Å². The molecule has 0 spiro atoms. The van der Waals surface area contributed by atoms with E-state index in [1.165, 1.54) is 0 Å². The number of rotatable bonds is 7. The molecule has 1 aliphatic carbocycles. The molecular weight excluding hydrogens is 360 g/mol. The van der Waals surface area contributed by atoms with E-state index in [9.17, 15) is 14.9 Å². The lowest BCUT2D eigenvalue weighted by molar-refractivity contribution is -0.125. The van der Waals surface area contributed by atoms with Gasteiger partial charge in [0.25, 0.3) is 5.91 Å². The molecule has 1 atom stereocenters. The normalized spacial score (nSPS) is 20.8. The van der Waals surface area contributed by atoms with Gasteiger partial charge in [0.15, 0.2) is 6.61 Å². The predicted molar refractivity (Wildman–Crippen MR) is 101 cm³/mol. The quantitative estimate of drug-likeness (QED) is 0.724. The van der Waals surface area contributed by atoms with E-state index < -0.39 is 24.0 Å². The number of ether oxygens (including phenoxy) is 3. The SMILES string of the molecule is N#CC1(NC(=O)COC(=O)c2ccc(OC[C@@H]3CCCO3)cc2)CCCCC1. The monoisotopic (exact) mass is 386 g/mol. The summed E-state index contributed by atoms with van der Waals surface area (Å²) < 4.78 is 16.2. The zero-order valence-electron chi connectivity index (χ0n) is 15.9. The van der Waals surface area contributed by atoms with E-state index in [2.05, 4.69) is 11.4 Å². The van der Waals surface area contributed by atoms with Gasteiger partial charge in [-0.3, -0.25) is 4.79 Å². The summed E-state index contributed by atoms with van der Waals surface area (Å²) in [6, 6.07) is 8.80. The summed E-state index contributed by atoms with van der Waals surface area (Å²) >= 11 is 0. The molecule has 28 heavy (non-hydrogen) atoms. The van der Waals surface area contributed by atoms with Crippen molar-refractivity contribution in [1.29, 1.82) is 5.26 Å². The second-order valence-electron chi connectivity index (χ2n) is 7.35. The van der Waals surface area contributed by atoms with Crippen molar-refractivity contribution in [3.8, 4) is 11.8 Å². The zero-order chi connectivity index (χ0) is 19.8. The second kappa shape index (κ2) is 9.56. The van der Waals surface area contributed by atoms with Crippen LogP contribution in [0.15, 0.2) is 24.3 Å². The Kier molecular flexibility index (Phi) is 6.88. The van der Waals surface area contributed by atoms with E-state index in [0.29, 0.717) is 30.8 Å². The van der Waals surface area contributed by atoms with Gasteiger partial charge in [0.05, 0.1) is 17.7 Å².